The van der Waals surface area contributed by atoms with Crippen LogP contribution in [0.15, 0.2) is 60.7 Å². The van der Waals surface area contributed by atoms with Crippen molar-refractivity contribution in [3.8, 4) is 0 Å². The molecular formula is C20H23Li. The van der Waals surface area contributed by atoms with E-state index in [1.165, 1.54) is 42.4 Å². The van der Waals surface area contributed by atoms with Crippen molar-refractivity contribution >= 4 is 5.57 Å². The Morgan fingerprint density at radius 2 is 1.43 bits per heavy atom. The molecule has 0 bridgehead atoms. The van der Waals surface area contributed by atoms with Gasteiger partial charge in [0.05, 0.1) is 0 Å². The van der Waals surface area contributed by atoms with Gasteiger partial charge in [0, 0.05) is 0 Å². The first-order valence-corrected chi connectivity index (χ1v) is 7.63. The van der Waals surface area contributed by atoms with Gasteiger partial charge in [-0.2, -0.15) is 0 Å². The second-order valence-electron chi connectivity index (χ2n) is 5.15. The first-order valence-electron chi connectivity index (χ1n) is 7.63. The predicted molar refractivity (Wildman–Crippen MR) is 87.4 cm³/mol. The number of hydrogen-bond acceptors (Lipinski definition) is 0. The number of allylic oxidation sites excluding steroid dienone is 1. The minimum absolute atomic E-state index is 0. The second-order valence-corrected chi connectivity index (χ2v) is 5.15. The van der Waals surface area contributed by atoms with Crippen molar-refractivity contribution in [2.24, 2.45) is 0 Å². The number of hydrogen-bond donors (Lipinski definition) is 0. The van der Waals surface area contributed by atoms with Crippen LogP contribution in [0, 0.1) is 6.08 Å². The fraction of sp³-hybridized carbons (Fsp3) is 0.300. The molecular weight excluding hydrogens is 247 g/mol. The van der Waals surface area contributed by atoms with Crippen LogP contribution in [0.1, 0.15) is 50.2 Å². The molecule has 2 aromatic carbocycles. The summed E-state index contributed by atoms with van der Waals surface area (Å²) in [7, 11) is 0. The molecule has 0 unspecified atom stereocenters. The van der Waals surface area contributed by atoms with Crippen LogP contribution in [0.4, 0.5) is 0 Å². The van der Waals surface area contributed by atoms with Crippen molar-refractivity contribution in [2.45, 2.75) is 39.0 Å². The summed E-state index contributed by atoms with van der Waals surface area (Å²) in [5.41, 5.74) is 3.79. The molecule has 0 amide bonds. The summed E-state index contributed by atoms with van der Waals surface area (Å²) in [6.07, 6.45) is 9.87. The smallest absolute Gasteiger partial charge is 0.149 e. The molecule has 0 spiro atoms. The Morgan fingerprint density at radius 3 is 2.05 bits per heavy atom. The van der Waals surface area contributed by atoms with Gasteiger partial charge in [-0.05, 0) is 6.42 Å². The largest absolute Gasteiger partial charge is 1.00 e. The van der Waals surface area contributed by atoms with Gasteiger partial charge in [-0.1, -0.05) is 74.6 Å². The number of unbranched alkanes of at least 4 members (excludes halogenated alkanes) is 3. The molecule has 0 nitrogen and oxygen atoms in total. The van der Waals surface area contributed by atoms with Crippen LogP contribution in [0.2, 0.25) is 0 Å². The topological polar surface area (TPSA) is 0 Å². The van der Waals surface area contributed by atoms with Gasteiger partial charge in [0.1, 0.15) is 0 Å². The van der Waals surface area contributed by atoms with E-state index in [0.29, 0.717) is 0 Å². The summed E-state index contributed by atoms with van der Waals surface area (Å²) < 4.78 is 0. The summed E-state index contributed by atoms with van der Waals surface area (Å²) in [6, 6.07) is 21.1. The van der Waals surface area contributed by atoms with E-state index in [0.717, 1.165) is 6.42 Å². The Bertz CT molecular complexity index is 514. The maximum atomic E-state index is 3.59. The molecule has 0 aliphatic carbocycles. The molecule has 0 heterocycles. The minimum Gasteiger partial charge on any atom is -0.149 e. The summed E-state index contributed by atoms with van der Waals surface area (Å²) in [6.45, 7) is 2.25. The molecule has 0 atom stereocenters. The van der Waals surface area contributed by atoms with E-state index in [4.69, 9.17) is 0 Å². The molecule has 0 aliphatic rings. The Balaban J connectivity index is 0.00000220. The maximum Gasteiger partial charge on any atom is 1.00 e. The molecule has 0 aromatic heterocycles. The van der Waals surface area contributed by atoms with E-state index >= 15 is 0 Å². The molecule has 21 heavy (non-hydrogen) atoms. The van der Waals surface area contributed by atoms with Gasteiger partial charge in [0.2, 0.25) is 0 Å². The third kappa shape index (κ3) is 6.38. The molecule has 2 aromatic rings. The SMILES string of the molecule is CCCCCCC(=[C-]c1ccccc1)c1ccccc1.[Li+]. The van der Waals surface area contributed by atoms with Gasteiger partial charge >= 0.3 is 18.9 Å². The zero-order valence-corrected chi connectivity index (χ0v) is 13.3. The molecule has 0 N–H and O–H groups in total. The molecule has 1 heteroatoms. The zero-order chi connectivity index (χ0) is 14.0. The third-order valence-electron chi connectivity index (χ3n) is 3.47. The fourth-order valence-electron chi connectivity index (χ4n) is 2.34. The van der Waals surface area contributed by atoms with Gasteiger partial charge in [-0.15, -0.1) is 41.5 Å². The molecule has 0 saturated carbocycles. The van der Waals surface area contributed by atoms with Gasteiger partial charge < -0.3 is 0 Å². The Labute approximate surface area is 141 Å². The standard InChI is InChI=1S/C20H23.Li/c1-2-3-4-9-16-20(19-14-10-6-11-15-19)17-18-12-7-5-8-13-18;/h5-8,10-15H,2-4,9,16H2,1H3;/q-1;+1. The van der Waals surface area contributed by atoms with E-state index < -0.39 is 0 Å². The van der Waals surface area contributed by atoms with Gasteiger partial charge in [0.25, 0.3) is 0 Å². The predicted octanol–water partition coefficient (Wildman–Crippen LogP) is 2.90. The van der Waals surface area contributed by atoms with Crippen molar-refractivity contribution in [1.82, 2.24) is 0 Å². The Kier molecular flexibility index (Phi) is 8.91. The second kappa shape index (κ2) is 10.5. The molecule has 0 aliphatic heterocycles. The molecule has 2 rings (SSSR count). The monoisotopic (exact) mass is 270 g/mol. The first kappa shape index (κ1) is 17.8. The van der Waals surface area contributed by atoms with Crippen LogP contribution in [0.25, 0.3) is 5.57 Å². The van der Waals surface area contributed by atoms with Crippen LogP contribution in [0.3, 0.4) is 0 Å². The average molecular weight is 270 g/mol. The van der Waals surface area contributed by atoms with Gasteiger partial charge in [-0.3, -0.25) is 0 Å². The Hall–Kier alpha value is -1.22. The van der Waals surface area contributed by atoms with Crippen molar-refractivity contribution in [2.75, 3.05) is 0 Å². The van der Waals surface area contributed by atoms with Crippen molar-refractivity contribution in [3.63, 3.8) is 0 Å². The van der Waals surface area contributed by atoms with Gasteiger partial charge in [-0.25, -0.2) is 0 Å². The van der Waals surface area contributed by atoms with Crippen LogP contribution in [-0.4, -0.2) is 0 Å². The number of rotatable bonds is 7. The van der Waals surface area contributed by atoms with E-state index in [1.54, 1.807) is 0 Å². The van der Waals surface area contributed by atoms with Crippen LogP contribution < -0.4 is 18.9 Å². The van der Waals surface area contributed by atoms with Crippen molar-refractivity contribution in [3.05, 3.63) is 77.9 Å². The first-order chi connectivity index (χ1) is 9.90. The van der Waals surface area contributed by atoms with Crippen molar-refractivity contribution in [1.29, 1.82) is 0 Å². The normalized spacial score (nSPS) is 11.0. The fourth-order valence-corrected chi connectivity index (χ4v) is 2.34. The van der Waals surface area contributed by atoms with Crippen LogP contribution >= 0.6 is 0 Å². The minimum atomic E-state index is 0. The average Bonchev–Trinajstić information content (AvgIpc) is 2.52. The van der Waals surface area contributed by atoms with Crippen LogP contribution in [0.5, 0.6) is 0 Å². The molecule has 0 fully saturated rings. The summed E-state index contributed by atoms with van der Waals surface area (Å²) in [5.74, 6) is 0. The van der Waals surface area contributed by atoms with Gasteiger partial charge in [0.15, 0.2) is 0 Å². The zero-order valence-electron chi connectivity index (χ0n) is 13.3. The molecule has 0 saturated heterocycles. The van der Waals surface area contributed by atoms with E-state index in [1.807, 2.05) is 0 Å². The van der Waals surface area contributed by atoms with E-state index in [9.17, 15) is 0 Å². The number of benzene rings is 2. The molecule has 0 radical (unpaired) electrons. The third-order valence-corrected chi connectivity index (χ3v) is 3.47. The van der Waals surface area contributed by atoms with Crippen molar-refractivity contribution < 1.29 is 18.9 Å². The quantitative estimate of drug-likeness (QED) is 0.314. The molecule has 104 valence electrons. The maximum absolute atomic E-state index is 3.59. The van der Waals surface area contributed by atoms with E-state index in [2.05, 4.69) is 73.7 Å². The van der Waals surface area contributed by atoms with E-state index in [-0.39, 0.29) is 18.9 Å². The summed E-state index contributed by atoms with van der Waals surface area (Å²) >= 11 is 0. The summed E-state index contributed by atoms with van der Waals surface area (Å²) in [4.78, 5) is 0. The summed E-state index contributed by atoms with van der Waals surface area (Å²) in [5, 5.41) is 0. The van der Waals surface area contributed by atoms with Crippen LogP contribution in [-0.2, 0) is 0 Å². The Morgan fingerprint density at radius 1 is 0.810 bits per heavy atom.